The Kier molecular flexibility index (Phi) is 2.84. The average molecular weight is 345 g/mol. The molecule has 0 aromatic heterocycles. The van der Waals surface area contributed by atoms with Crippen LogP contribution in [0.4, 0.5) is 10.1 Å². The fourth-order valence-corrected chi connectivity index (χ4v) is 3.63. The highest BCUT2D eigenvalue weighted by molar-refractivity contribution is 14.1. The first-order chi connectivity index (χ1) is 8.16. The summed E-state index contributed by atoms with van der Waals surface area (Å²) < 4.78 is 13.7. The van der Waals surface area contributed by atoms with Crippen LogP contribution in [0.1, 0.15) is 19.3 Å². The Morgan fingerprint density at radius 1 is 1.35 bits per heavy atom. The van der Waals surface area contributed by atoms with E-state index < -0.39 is 0 Å². The standard InChI is InChI=1S/C13H13FINO/c14-7-4-5-11(10(15)6-7)16-13(17)12-8-2-1-3-9(8)12/h4-6,8-9,12H,1-3H2,(H,16,17). The number of halogens is 2. The molecule has 0 radical (unpaired) electrons. The number of amides is 1. The van der Waals surface area contributed by atoms with Crippen LogP contribution in [-0.4, -0.2) is 5.91 Å². The molecule has 0 spiro atoms. The van der Waals surface area contributed by atoms with Crippen LogP contribution in [-0.2, 0) is 4.79 Å². The Balaban J connectivity index is 1.69. The van der Waals surface area contributed by atoms with Gasteiger partial charge in [-0.15, -0.1) is 0 Å². The summed E-state index contributed by atoms with van der Waals surface area (Å²) in [6, 6.07) is 4.45. The van der Waals surface area contributed by atoms with E-state index in [-0.39, 0.29) is 17.6 Å². The van der Waals surface area contributed by atoms with Crippen molar-refractivity contribution in [1.29, 1.82) is 0 Å². The van der Waals surface area contributed by atoms with Crippen LogP contribution in [0.25, 0.3) is 0 Å². The van der Waals surface area contributed by atoms with E-state index in [2.05, 4.69) is 5.32 Å². The van der Waals surface area contributed by atoms with E-state index in [9.17, 15) is 9.18 Å². The van der Waals surface area contributed by atoms with Crippen molar-refractivity contribution in [2.24, 2.45) is 17.8 Å². The van der Waals surface area contributed by atoms with Gasteiger partial charge in [-0.05, 0) is 65.5 Å². The second-order valence-electron chi connectivity index (χ2n) is 4.90. The molecule has 1 aromatic carbocycles. The molecule has 0 saturated heterocycles. The Hall–Kier alpha value is -0.650. The van der Waals surface area contributed by atoms with Crippen LogP contribution >= 0.6 is 22.6 Å². The van der Waals surface area contributed by atoms with Crippen LogP contribution < -0.4 is 5.32 Å². The number of carbonyl (C=O) groups is 1. The molecule has 0 aliphatic heterocycles. The lowest BCUT2D eigenvalue weighted by Crippen LogP contribution is -2.17. The van der Waals surface area contributed by atoms with E-state index in [1.807, 2.05) is 22.6 Å². The smallest absolute Gasteiger partial charge is 0.228 e. The highest BCUT2D eigenvalue weighted by atomic mass is 127. The first kappa shape index (κ1) is 11.4. The van der Waals surface area contributed by atoms with E-state index in [1.54, 1.807) is 6.07 Å². The fraction of sp³-hybridized carbons (Fsp3) is 0.462. The summed E-state index contributed by atoms with van der Waals surface area (Å²) in [6.07, 6.45) is 3.67. The molecular formula is C13H13FINO. The van der Waals surface area contributed by atoms with Crippen LogP contribution in [0.15, 0.2) is 18.2 Å². The molecule has 2 fully saturated rings. The lowest BCUT2D eigenvalue weighted by Gasteiger charge is -2.08. The summed E-state index contributed by atoms with van der Waals surface area (Å²) in [5.41, 5.74) is 0.724. The van der Waals surface area contributed by atoms with Gasteiger partial charge in [0.15, 0.2) is 0 Å². The van der Waals surface area contributed by atoms with E-state index in [0.717, 1.165) is 9.26 Å². The predicted octanol–water partition coefficient (Wildman–Crippen LogP) is 3.41. The fourth-order valence-electron chi connectivity index (χ4n) is 3.02. The monoisotopic (exact) mass is 345 g/mol. The van der Waals surface area contributed by atoms with Crippen molar-refractivity contribution in [3.63, 3.8) is 0 Å². The minimum absolute atomic E-state index is 0.115. The molecule has 0 bridgehead atoms. The summed E-state index contributed by atoms with van der Waals surface area (Å²) in [7, 11) is 0. The highest BCUT2D eigenvalue weighted by Crippen LogP contribution is 2.57. The third-order valence-electron chi connectivity index (χ3n) is 3.90. The summed E-state index contributed by atoms with van der Waals surface area (Å²) in [5, 5.41) is 2.91. The maximum Gasteiger partial charge on any atom is 0.228 e. The minimum Gasteiger partial charge on any atom is -0.325 e. The summed E-state index contributed by atoms with van der Waals surface area (Å²) in [6.45, 7) is 0. The Morgan fingerprint density at radius 3 is 2.71 bits per heavy atom. The third kappa shape index (κ3) is 2.07. The van der Waals surface area contributed by atoms with Crippen LogP contribution in [0.5, 0.6) is 0 Å². The number of rotatable bonds is 2. The molecular weight excluding hydrogens is 332 g/mol. The van der Waals surface area contributed by atoms with Crippen LogP contribution in [0.3, 0.4) is 0 Å². The van der Waals surface area contributed by atoms with Gasteiger partial charge in [0.2, 0.25) is 5.91 Å². The van der Waals surface area contributed by atoms with Crippen molar-refractivity contribution >= 4 is 34.2 Å². The van der Waals surface area contributed by atoms with E-state index in [1.165, 1.54) is 31.4 Å². The molecule has 2 atom stereocenters. The van der Waals surface area contributed by atoms with Crippen LogP contribution in [0.2, 0.25) is 0 Å². The zero-order valence-electron chi connectivity index (χ0n) is 9.25. The lowest BCUT2D eigenvalue weighted by atomic mass is 10.1. The van der Waals surface area contributed by atoms with Crippen LogP contribution in [0, 0.1) is 27.1 Å². The molecule has 1 aromatic rings. The molecule has 4 heteroatoms. The number of fused-ring (bicyclic) bond motifs is 1. The molecule has 2 saturated carbocycles. The molecule has 90 valence electrons. The predicted molar refractivity (Wildman–Crippen MR) is 72.1 cm³/mol. The number of carbonyl (C=O) groups excluding carboxylic acids is 1. The van der Waals surface area contributed by atoms with Gasteiger partial charge in [-0.3, -0.25) is 4.79 Å². The van der Waals surface area contributed by atoms with Crippen molar-refractivity contribution in [2.75, 3.05) is 5.32 Å². The van der Waals surface area contributed by atoms with Crippen molar-refractivity contribution < 1.29 is 9.18 Å². The number of hydrogen-bond donors (Lipinski definition) is 1. The second kappa shape index (κ2) is 4.23. The minimum atomic E-state index is -0.268. The van der Waals surface area contributed by atoms with Gasteiger partial charge >= 0.3 is 0 Å². The Labute approximate surface area is 113 Å². The second-order valence-corrected chi connectivity index (χ2v) is 6.06. The molecule has 0 heterocycles. The Bertz CT molecular complexity index is 466. The molecule has 1 amide bonds. The average Bonchev–Trinajstić information content (AvgIpc) is 2.77. The number of benzene rings is 1. The van der Waals surface area contributed by atoms with Gasteiger partial charge < -0.3 is 5.32 Å². The van der Waals surface area contributed by atoms with Gasteiger partial charge in [0.25, 0.3) is 0 Å². The van der Waals surface area contributed by atoms with Gasteiger partial charge in [-0.25, -0.2) is 4.39 Å². The summed E-state index contributed by atoms with van der Waals surface area (Å²) >= 11 is 2.04. The lowest BCUT2D eigenvalue weighted by molar-refractivity contribution is -0.118. The molecule has 3 rings (SSSR count). The number of anilines is 1. The summed E-state index contributed by atoms with van der Waals surface area (Å²) in [4.78, 5) is 12.0. The largest absolute Gasteiger partial charge is 0.325 e. The highest BCUT2D eigenvalue weighted by Gasteiger charge is 2.56. The van der Waals surface area contributed by atoms with Gasteiger partial charge in [-0.1, -0.05) is 6.42 Å². The Morgan fingerprint density at radius 2 is 2.06 bits per heavy atom. The van der Waals surface area contributed by atoms with Gasteiger partial charge in [0.1, 0.15) is 5.82 Å². The molecule has 17 heavy (non-hydrogen) atoms. The molecule has 2 nitrogen and oxygen atoms in total. The van der Waals surface area contributed by atoms with Gasteiger partial charge in [0, 0.05) is 9.49 Å². The van der Waals surface area contributed by atoms with Crippen molar-refractivity contribution in [3.05, 3.63) is 27.6 Å². The van der Waals surface area contributed by atoms with E-state index >= 15 is 0 Å². The third-order valence-corrected chi connectivity index (χ3v) is 4.79. The maximum atomic E-state index is 12.9. The van der Waals surface area contributed by atoms with Crippen molar-refractivity contribution in [3.8, 4) is 0 Å². The molecule has 2 aliphatic carbocycles. The maximum absolute atomic E-state index is 12.9. The van der Waals surface area contributed by atoms with Crippen molar-refractivity contribution in [1.82, 2.24) is 0 Å². The normalized spacial score (nSPS) is 29.9. The summed E-state index contributed by atoms with van der Waals surface area (Å²) in [5.74, 6) is 1.30. The van der Waals surface area contributed by atoms with E-state index in [4.69, 9.17) is 0 Å². The van der Waals surface area contributed by atoms with E-state index in [0.29, 0.717) is 11.8 Å². The molecule has 2 aliphatic rings. The zero-order valence-corrected chi connectivity index (χ0v) is 11.4. The SMILES string of the molecule is O=C(Nc1ccc(F)cc1I)C1C2CCCC21. The zero-order chi connectivity index (χ0) is 12.0. The number of nitrogens with one attached hydrogen (secondary N) is 1. The molecule has 2 unspecified atom stereocenters. The van der Waals surface area contributed by atoms with Gasteiger partial charge in [0.05, 0.1) is 5.69 Å². The number of hydrogen-bond acceptors (Lipinski definition) is 1. The topological polar surface area (TPSA) is 29.1 Å². The first-order valence-corrected chi connectivity index (χ1v) is 7.00. The van der Waals surface area contributed by atoms with Gasteiger partial charge in [-0.2, -0.15) is 0 Å². The van der Waals surface area contributed by atoms with Crippen molar-refractivity contribution in [2.45, 2.75) is 19.3 Å². The first-order valence-electron chi connectivity index (χ1n) is 5.93. The quantitative estimate of drug-likeness (QED) is 0.818. The molecule has 1 N–H and O–H groups in total.